The summed E-state index contributed by atoms with van der Waals surface area (Å²) in [5.74, 6) is -0.813. The van der Waals surface area contributed by atoms with Gasteiger partial charge in [-0.05, 0) is 19.8 Å². The molecule has 0 radical (unpaired) electrons. The molecule has 0 spiro atoms. The number of anilines is 1. The topological polar surface area (TPSA) is 112 Å². The monoisotopic (exact) mass is 288 g/mol. The maximum atomic E-state index is 11.9. The van der Waals surface area contributed by atoms with Crippen molar-refractivity contribution in [1.82, 2.24) is 4.98 Å². The average molecular weight is 288 g/mol. The number of nitrogens with zero attached hydrogens (tertiary/aromatic N) is 1. The minimum Gasteiger partial charge on any atom is -0.461 e. The number of nitrogens with two attached hydrogens (primary N) is 1. The minimum absolute atomic E-state index is 0.0137. The number of nitrogen functional groups attached to an aromatic ring is 1. The number of esters is 1. The van der Waals surface area contributed by atoms with Crippen LogP contribution >= 0.6 is 0 Å². The molecule has 2 rings (SSSR count). The summed E-state index contributed by atoms with van der Waals surface area (Å²) in [5.41, 5.74) is 5.39. The van der Waals surface area contributed by atoms with Crippen LogP contribution in [0, 0.1) is 0 Å². The van der Waals surface area contributed by atoms with Gasteiger partial charge in [-0.1, -0.05) is 6.42 Å². The summed E-state index contributed by atoms with van der Waals surface area (Å²) in [6, 6.07) is 0. The number of hydrogen-bond donors (Lipinski definition) is 1. The third kappa shape index (κ3) is 2.73. The number of ether oxygens (including phenoxy) is 1. The van der Waals surface area contributed by atoms with E-state index in [1.165, 1.54) is 0 Å². The second-order valence-corrected chi connectivity index (χ2v) is 6.64. The molecule has 1 aromatic rings. The van der Waals surface area contributed by atoms with Gasteiger partial charge < -0.3 is 14.9 Å². The lowest BCUT2D eigenvalue weighted by Crippen LogP contribution is -2.22. The fourth-order valence-corrected chi connectivity index (χ4v) is 3.89. The van der Waals surface area contributed by atoms with Crippen LogP contribution in [0.15, 0.2) is 4.42 Å². The average Bonchev–Trinajstić information content (AvgIpc) is 2.71. The lowest BCUT2D eigenvalue weighted by atomic mass is 10.2. The van der Waals surface area contributed by atoms with Crippen molar-refractivity contribution in [2.45, 2.75) is 31.4 Å². The molecule has 19 heavy (non-hydrogen) atoms. The van der Waals surface area contributed by atoms with Crippen molar-refractivity contribution >= 4 is 21.7 Å². The first-order valence-corrected chi connectivity index (χ1v) is 7.82. The Hall–Kier alpha value is -1.57. The van der Waals surface area contributed by atoms with E-state index in [1.807, 2.05) is 0 Å². The normalized spacial score (nSPS) is 22.1. The molecule has 0 aromatic carbocycles. The first-order chi connectivity index (χ1) is 8.95. The molecule has 1 aliphatic rings. The van der Waals surface area contributed by atoms with E-state index in [1.54, 1.807) is 6.92 Å². The molecule has 1 saturated heterocycles. The molecule has 2 heterocycles. The summed E-state index contributed by atoms with van der Waals surface area (Å²) in [6.45, 7) is 1.84. The first kappa shape index (κ1) is 13.9. The zero-order chi connectivity index (χ0) is 14.0. The second-order valence-electron chi connectivity index (χ2n) is 4.34. The van der Waals surface area contributed by atoms with Crippen molar-refractivity contribution in [1.29, 1.82) is 0 Å². The van der Waals surface area contributed by atoms with Gasteiger partial charge in [-0.25, -0.2) is 18.2 Å². The second kappa shape index (κ2) is 5.20. The fraction of sp³-hybridized carbons (Fsp3) is 0.636. The summed E-state index contributed by atoms with van der Waals surface area (Å²) >= 11 is 0. The molecule has 0 bridgehead atoms. The third-order valence-electron chi connectivity index (χ3n) is 2.99. The van der Waals surface area contributed by atoms with Crippen LogP contribution in [-0.4, -0.2) is 31.7 Å². The van der Waals surface area contributed by atoms with Crippen molar-refractivity contribution in [3.05, 3.63) is 11.6 Å². The summed E-state index contributed by atoms with van der Waals surface area (Å²) in [7, 11) is -3.28. The van der Waals surface area contributed by atoms with Crippen LogP contribution < -0.4 is 5.73 Å². The Balaban J connectivity index is 2.31. The molecule has 8 heteroatoms. The Morgan fingerprint density at radius 1 is 1.53 bits per heavy atom. The molecular formula is C11H16N2O5S. The largest absolute Gasteiger partial charge is 0.461 e. The van der Waals surface area contributed by atoms with Crippen LogP contribution in [0.1, 0.15) is 47.8 Å². The maximum absolute atomic E-state index is 11.9. The van der Waals surface area contributed by atoms with Crippen LogP contribution in [0.3, 0.4) is 0 Å². The molecule has 0 aliphatic carbocycles. The lowest BCUT2D eigenvalue weighted by molar-refractivity contribution is 0.0521. The highest BCUT2D eigenvalue weighted by molar-refractivity contribution is 7.91. The van der Waals surface area contributed by atoms with Crippen molar-refractivity contribution in [2.75, 3.05) is 18.1 Å². The van der Waals surface area contributed by atoms with E-state index < -0.39 is 21.1 Å². The third-order valence-corrected chi connectivity index (χ3v) is 5.15. The number of oxazole rings is 1. The number of aromatic nitrogens is 1. The van der Waals surface area contributed by atoms with Gasteiger partial charge in [-0.3, -0.25) is 0 Å². The zero-order valence-electron chi connectivity index (χ0n) is 10.6. The van der Waals surface area contributed by atoms with Gasteiger partial charge >= 0.3 is 5.97 Å². The summed E-state index contributed by atoms with van der Waals surface area (Å²) in [5, 5.41) is -0.813. The number of carbonyl (C=O) groups is 1. The van der Waals surface area contributed by atoms with Crippen LogP contribution in [0.5, 0.6) is 0 Å². The predicted octanol–water partition coefficient (Wildman–Crippen LogP) is 1.07. The molecule has 1 aromatic heterocycles. The highest BCUT2D eigenvalue weighted by Gasteiger charge is 2.35. The lowest BCUT2D eigenvalue weighted by Gasteiger charge is -2.18. The summed E-state index contributed by atoms with van der Waals surface area (Å²) in [6.07, 6.45) is 1.85. The van der Waals surface area contributed by atoms with E-state index in [2.05, 4.69) is 4.98 Å². The van der Waals surface area contributed by atoms with E-state index in [-0.39, 0.29) is 29.8 Å². The van der Waals surface area contributed by atoms with Gasteiger partial charge in [0.15, 0.2) is 9.84 Å². The van der Waals surface area contributed by atoms with E-state index >= 15 is 0 Å². The van der Waals surface area contributed by atoms with E-state index in [9.17, 15) is 13.2 Å². The van der Waals surface area contributed by atoms with E-state index in [0.717, 1.165) is 6.42 Å². The Morgan fingerprint density at radius 2 is 2.26 bits per heavy atom. The van der Waals surface area contributed by atoms with Crippen molar-refractivity contribution < 1.29 is 22.4 Å². The quantitative estimate of drug-likeness (QED) is 0.828. The molecule has 106 valence electrons. The fourth-order valence-electron chi connectivity index (χ4n) is 2.06. The SMILES string of the molecule is CCOC(=O)c1nc(C2CCCCS2(=O)=O)oc1N. The van der Waals surface area contributed by atoms with Gasteiger partial charge in [0.1, 0.15) is 5.25 Å². The molecular weight excluding hydrogens is 272 g/mol. The molecule has 0 amide bonds. The molecule has 1 aliphatic heterocycles. The minimum atomic E-state index is -3.28. The number of carbonyl (C=O) groups excluding carboxylic acids is 1. The molecule has 7 nitrogen and oxygen atoms in total. The van der Waals surface area contributed by atoms with Crippen LogP contribution in [0.2, 0.25) is 0 Å². The molecule has 1 atom stereocenters. The Morgan fingerprint density at radius 3 is 2.89 bits per heavy atom. The molecule has 2 N–H and O–H groups in total. The standard InChI is InChI=1S/C11H16N2O5S/c1-2-17-11(14)8-9(12)18-10(13-8)7-5-3-4-6-19(7,15)16/h7H,2-6,12H2,1H3. The molecule has 0 saturated carbocycles. The van der Waals surface area contributed by atoms with Gasteiger partial charge in [0.05, 0.1) is 12.4 Å². The Kier molecular flexibility index (Phi) is 3.79. The van der Waals surface area contributed by atoms with Crippen molar-refractivity contribution in [3.8, 4) is 0 Å². The van der Waals surface area contributed by atoms with Gasteiger partial charge in [0.2, 0.25) is 17.5 Å². The first-order valence-electron chi connectivity index (χ1n) is 6.10. The van der Waals surface area contributed by atoms with Crippen LogP contribution in [0.4, 0.5) is 5.88 Å². The molecule has 1 unspecified atom stereocenters. The maximum Gasteiger partial charge on any atom is 0.362 e. The van der Waals surface area contributed by atoms with Crippen LogP contribution in [-0.2, 0) is 14.6 Å². The van der Waals surface area contributed by atoms with Crippen LogP contribution in [0.25, 0.3) is 0 Å². The predicted molar refractivity (Wildman–Crippen MR) is 67.3 cm³/mol. The Bertz CT molecular complexity index is 578. The van der Waals surface area contributed by atoms with Gasteiger partial charge in [-0.2, -0.15) is 0 Å². The summed E-state index contributed by atoms with van der Waals surface area (Å²) in [4.78, 5) is 15.5. The highest BCUT2D eigenvalue weighted by Crippen LogP contribution is 2.34. The van der Waals surface area contributed by atoms with E-state index in [4.69, 9.17) is 14.9 Å². The van der Waals surface area contributed by atoms with Crippen molar-refractivity contribution in [3.63, 3.8) is 0 Å². The van der Waals surface area contributed by atoms with Gasteiger partial charge in [-0.15, -0.1) is 0 Å². The van der Waals surface area contributed by atoms with Gasteiger partial charge in [0, 0.05) is 0 Å². The van der Waals surface area contributed by atoms with Gasteiger partial charge in [0.25, 0.3) is 0 Å². The summed E-state index contributed by atoms with van der Waals surface area (Å²) < 4.78 is 33.8. The number of sulfone groups is 1. The van der Waals surface area contributed by atoms with E-state index in [0.29, 0.717) is 12.8 Å². The van der Waals surface area contributed by atoms with Crippen molar-refractivity contribution in [2.24, 2.45) is 0 Å². The number of rotatable bonds is 3. The molecule has 1 fully saturated rings. The zero-order valence-corrected chi connectivity index (χ0v) is 11.4. The Labute approximate surface area is 111 Å². The smallest absolute Gasteiger partial charge is 0.362 e. The number of hydrogen-bond acceptors (Lipinski definition) is 7. The highest BCUT2D eigenvalue weighted by atomic mass is 32.2.